The van der Waals surface area contributed by atoms with E-state index in [0.29, 0.717) is 17.1 Å². The highest BCUT2D eigenvalue weighted by atomic mass is 16.7. The van der Waals surface area contributed by atoms with Gasteiger partial charge in [-0.25, -0.2) is 4.79 Å². The van der Waals surface area contributed by atoms with Gasteiger partial charge >= 0.3 is 5.97 Å². The van der Waals surface area contributed by atoms with Gasteiger partial charge in [-0.15, -0.1) is 0 Å². The highest BCUT2D eigenvalue weighted by molar-refractivity contribution is 5.91. The van der Waals surface area contributed by atoms with Gasteiger partial charge in [0.15, 0.2) is 18.1 Å². The van der Waals surface area contributed by atoms with Gasteiger partial charge in [0, 0.05) is 6.54 Å². The number of carbonyl (C=O) groups excluding carboxylic acids is 2. The van der Waals surface area contributed by atoms with Crippen molar-refractivity contribution in [3.8, 4) is 17.6 Å². The molecule has 1 amide bonds. The van der Waals surface area contributed by atoms with E-state index < -0.39 is 18.5 Å². The molecular weight excluding hydrogens is 324 g/mol. The van der Waals surface area contributed by atoms with E-state index in [0.717, 1.165) is 5.56 Å². The maximum absolute atomic E-state index is 11.9. The van der Waals surface area contributed by atoms with Crippen molar-refractivity contribution in [3.05, 3.63) is 59.2 Å². The van der Waals surface area contributed by atoms with Crippen LogP contribution >= 0.6 is 0 Å². The molecule has 2 aromatic rings. The lowest BCUT2D eigenvalue weighted by atomic mass is 10.1. The second-order valence-electron chi connectivity index (χ2n) is 5.23. The first kappa shape index (κ1) is 16.3. The third-order valence-electron chi connectivity index (χ3n) is 3.49. The smallest absolute Gasteiger partial charge is 0.338 e. The Morgan fingerprint density at radius 3 is 2.84 bits per heavy atom. The fourth-order valence-corrected chi connectivity index (χ4v) is 2.23. The standard InChI is InChI=1S/C18H14N2O5/c19-8-12-2-1-3-14(6-12)18(22)23-10-17(21)20-9-13-4-5-15-16(7-13)25-11-24-15/h1-7H,9-11H2,(H,20,21). The number of carbonyl (C=O) groups is 2. The molecule has 1 aliphatic heterocycles. The van der Waals surface area contributed by atoms with E-state index in [2.05, 4.69) is 5.32 Å². The molecule has 0 unspecified atom stereocenters. The number of nitrogens with one attached hydrogen (secondary N) is 1. The molecule has 0 saturated carbocycles. The van der Waals surface area contributed by atoms with Gasteiger partial charge < -0.3 is 19.5 Å². The maximum atomic E-state index is 11.9. The van der Waals surface area contributed by atoms with Crippen LogP contribution in [0.5, 0.6) is 11.5 Å². The first-order chi connectivity index (χ1) is 12.2. The second-order valence-corrected chi connectivity index (χ2v) is 5.23. The molecule has 1 N–H and O–H groups in total. The Balaban J connectivity index is 1.48. The van der Waals surface area contributed by atoms with Crippen LogP contribution in [0.15, 0.2) is 42.5 Å². The number of hydrogen-bond acceptors (Lipinski definition) is 6. The van der Waals surface area contributed by atoms with Gasteiger partial charge in [0.05, 0.1) is 17.2 Å². The summed E-state index contributed by atoms with van der Waals surface area (Å²) < 4.78 is 15.4. The van der Waals surface area contributed by atoms with Crippen molar-refractivity contribution in [1.29, 1.82) is 5.26 Å². The minimum atomic E-state index is -0.657. The van der Waals surface area contributed by atoms with Crippen LogP contribution in [0.1, 0.15) is 21.5 Å². The minimum absolute atomic E-state index is 0.189. The van der Waals surface area contributed by atoms with Gasteiger partial charge in [0.2, 0.25) is 6.79 Å². The summed E-state index contributed by atoms with van der Waals surface area (Å²) in [5.74, 6) is 0.219. The lowest BCUT2D eigenvalue weighted by Crippen LogP contribution is -2.28. The van der Waals surface area contributed by atoms with Crippen LogP contribution in [0.2, 0.25) is 0 Å². The molecule has 0 saturated heterocycles. The monoisotopic (exact) mass is 338 g/mol. The van der Waals surface area contributed by atoms with Crippen molar-refractivity contribution >= 4 is 11.9 Å². The Morgan fingerprint density at radius 1 is 1.16 bits per heavy atom. The first-order valence-corrected chi connectivity index (χ1v) is 7.48. The van der Waals surface area contributed by atoms with E-state index in [4.69, 9.17) is 19.5 Å². The van der Waals surface area contributed by atoms with Gasteiger partial charge in [0.25, 0.3) is 5.91 Å². The summed E-state index contributed by atoms with van der Waals surface area (Å²) in [6, 6.07) is 13.4. The molecular formula is C18H14N2O5. The van der Waals surface area contributed by atoms with Gasteiger partial charge in [0.1, 0.15) is 0 Å². The van der Waals surface area contributed by atoms with Crippen LogP contribution in [0.3, 0.4) is 0 Å². The molecule has 25 heavy (non-hydrogen) atoms. The van der Waals surface area contributed by atoms with Gasteiger partial charge in [-0.3, -0.25) is 4.79 Å². The van der Waals surface area contributed by atoms with Crippen LogP contribution in [0.25, 0.3) is 0 Å². The van der Waals surface area contributed by atoms with Crippen molar-refractivity contribution < 1.29 is 23.8 Å². The highest BCUT2D eigenvalue weighted by Gasteiger charge is 2.14. The zero-order valence-electron chi connectivity index (χ0n) is 13.2. The largest absolute Gasteiger partial charge is 0.454 e. The van der Waals surface area contributed by atoms with Crippen molar-refractivity contribution in [2.45, 2.75) is 6.54 Å². The predicted octanol–water partition coefficient (Wildman–Crippen LogP) is 1.76. The van der Waals surface area contributed by atoms with Crippen LogP contribution < -0.4 is 14.8 Å². The number of fused-ring (bicyclic) bond motifs is 1. The molecule has 1 heterocycles. The summed E-state index contributed by atoms with van der Waals surface area (Å²) in [6.07, 6.45) is 0. The number of nitrogens with zero attached hydrogens (tertiary/aromatic N) is 1. The average Bonchev–Trinajstić information content (AvgIpc) is 3.12. The van der Waals surface area contributed by atoms with E-state index >= 15 is 0 Å². The lowest BCUT2D eigenvalue weighted by Gasteiger charge is -2.07. The Morgan fingerprint density at radius 2 is 2.00 bits per heavy atom. The fourth-order valence-electron chi connectivity index (χ4n) is 2.23. The number of ether oxygens (including phenoxy) is 3. The first-order valence-electron chi connectivity index (χ1n) is 7.48. The minimum Gasteiger partial charge on any atom is -0.454 e. The van der Waals surface area contributed by atoms with E-state index in [1.807, 2.05) is 12.1 Å². The average molecular weight is 338 g/mol. The van der Waals surface area contributed by atoms with Crippen LogP contribution in [0, 0.1) is 11.3 Å². The highest BCUT2D eigenvalue weighted by Crippen LogP contribution is 2.32. The third kappa shape index (κ3) is 4.06. The SMILES string of the molecule is N#Cc1cccc(C(=O)OCC(=O)NCc2ccc3c(c2)OCO3)c1. The maximum Gasteiger partial charge on any atom is 0.338 e. The topological polar surface area (TPSA) is 97.7 Å². The van der Waals surface area contributed by atoms with Gasteiger partial charge in [-0.05, 0) is 35.9 Å². The van der Waals surface area contributed by atoms with Crippen LogP contribution in [0.4, 0.5) is 0 Å². The molecule has 1 aliphatic rings. The van der Waals surface area contributed by atoms with Crippen molar-refractivity contribution in [1.82, 2.24) is 5.32 Å². The number of rotatable bonds is 5. The fraction of sp³-hybridized carbons (Fsp3) is 0.167. The van der Waals surface area contributed by atoms with Crippen LogP contribution in [-0.4, -0.2) is 25.3 Å². The van der Waals surface area contributed by atoms with E-state index in [1.54, 1.807) is 24.3 Å². The summed E-state index contributed by atoms with van der Waals surface area (Å²) in [5.41, 5.74) is 1.41. The summed E-state index contributed by atoms with van der Waals surface area (Å²) in [5, 5.41) is 11.5. The van der Waals surface area contributed by atoms with Crippen LogP contribution in [-0.2, 0) is 16.1 Å². The van der Waals surface area contributed by atoms with Crippen molar-refractivity contribution in [3.63, 3.8) is 0 Å². The van der Waals surface area contributed by atoms with Crippen molar-refractivity contribution in [2.75, 3.05) is 13.4 Å². The molecule has 126 valence electrons. The Hall–Kier alpha value is -3.53. The summed E-state index contributed by atoms with van der Waals surface area (Å²) >= 11 is 0. The number of amides is 1. The number of benzene rings is 2. The summed E-state index contributed by atoms with van der Waals surface area (Å²) in [6.45, 7) is 0.0607. The summed E-state index contributed by atoms with van der Waals surface area (Å²) in [7, 11) is 0. The Kier molecular flexibility index (Phi) is 4.81. The predicted molar refractivity (Wildman–Crippen MR) is 85.9 cm³/mol. The number of esters is 1. The van der Waals surface area contributed by atoms with E-state index in [9.17, 15) is 9.59 Å². The molecule has 2 aromatic carbocycles. The Labute approximate surface area is 143 Å². The van der Waals surface area contributed by atoms with E-state index in [1.165, 1.54) is 12.1 Å². The third-order valence-corrected chi connectivity index (χ3v) is 3.49. The molecule has 0 fully saturated rings. The molecule has 7 nitrogen and oxygen atoms in total. The zero-order chi connectivity index (χ0) is 17.6. The molecule has 0 aliphatic carbocycles. The molecule has 0 aromatic heterocycles. The quantitative estimate of drug-likeness (QED) is 0.834. The van der Waals surface area contributed by atoms with Crippen molar-refractivity contribution in [2.24, 2.45) is 0 Å². The molecule has 7 heteroatoms. The number of nitriles is 1. The second kappa shape index (κ2) is 7.36. The normalized spacial score (nSPS) is 11.5. The molecule has 0 bridgehead atoms. The number of hydrogen-bond donors (Lipinski definition) is 1. The van der Waals surface area contributed by atoms with Gasteiger partial charge in [-0.1, -0.05) is 12.1 Å². The summed E-state index contributed by atoms with van der Waals surface area (Å²) in [4.78, 5) is 23.7. The Bertz CT molecular complexity index is 857. The van der Waals surface area contributed by atoms with E-state index in [-0.39, 0.29) is 18.9 Å². The van der Waals surface area contributed by atoms with Gasteiger partial charge in [-0.2, -0.15) is 5.26 Å². The molecule has 3 rings (SSSR count). The molecule has 0 atom stereocenters. The molecule has 0 radical (unpaired) electrons. The zero-order valence-corrected chi connectivity index (χ0v) is 13.2. The lowest BCUT2D eigenvalue weighted by molar-refractivity contribution is -0.124. The molecule has 0 spiro atoms.